The Morgan fingerprint density at radius 3 is 2.56 bits per heavy atom. The van der Waals surface area contributed by atoms with E-state index in [1.165, 1.54) is 0 Å². The Bertz CT molecular complexity index is 1400. The Balaban J connectivity index is 1.25. The van der Waals surface area contributed by atoms with Crippen LogP contribution in [0.4, 0.5) is 4.79 Å². The van der Waals surface area contributed by atoms with E-state index in [0.29, 0.717) is 44.1 Å². The van der Waals surface area contributed by atoms with E-state index in [1.54, 1.807) is 29.2 Å². The molecular formula is C28H30N6O5. The number of piperazine rings is 1. The number of para-hydroxylation sites is 1. The van der Waals surface area contributed by atoms with Crippen LogP contribution in [0.15, 0.2) is 54.6 Å². The molecule has 11 nitrogen and oxygen atoms in total. The summed E-state index contributed by atoms with van der Waals surface area (Å²) in [5, 5.41) is 11.6. The second-order valence-electron chi connectivity index (χ2n) is 9.61. The van der Waals surface area contributed by atoms with Crippen LogP contribution in [0.2, 0.25) is 0 Å². The van der Waals surface area contributed by atoms with Crippen LogP contribution in [0.5, 0.6) is 5.75 Å². The van der Waals surface area contributed by atoms with Crippen molar-refractivity contribution in [1.29, 1.82) is 0 Å². The summed E-state index contributed by atoms with van der Waals surface area (Å²) in [6.45, 7) is 4.71. The number of pyridine rings is 1. The van der Waals surface area contributed by atoms with Crippen LogP contribution < -0.4 is 26.0 Å². The highest BCUT2D eigenvalue weighted by atomic mass is 16.5. The number of amides is 5. The van der Waals surface area contributed by atoms with Crippen molar-refractivity contribution in [2.75, 3.05) is 26.2 Å². The van der Waals surface area contributed by atoms with Crippen LogP contribution in [0.1, 0.15) is 28.0 Å². The summed E-state index contributed by atoms with van der Waals surface area (Å²) in [4.78, 5) is 56.3. The third-order valence-corrected chi connectivity index (χ3v) is 6.83. The van der Waals surface area contributed by atoms with Crippen molar-refractivity contribution < 1.29 is 23.9 Å². The average molecular weight is 531 g/mol. The predicted molar refractivity (Wildman–Crippen MR) is 143 cm³/mol. The molecule has 2 atom stereocenters. The van der Waals surface area contributed by atoms with E-state index >= 15 is 0 Å². The molecule has 11 heteroatoms. The molecule has 1 aromatic heterocycles. The topological polar surface area (TPSA) is 142 Å². The number of benzene rings is 2. The first-order valence-corrected chi connectivity index (χ1v) is 12.9. The van der Waals surface area contributed by atoms with E-state index in [1.807, 2.05) is 37.3 Å². The maximum Gasteiger partial charge on any atom is 0.322 e. The largest absolute Gasteiger partial charge is 0.489 e. The van der Waals surface area contributed by atoms with E-state index in [4.69, 9.17) is 4.74 Å². The second-order valence-corrected chi connectivity index (χ2v) is 9.61. The van der Waals surface area contributed by atoms with Crippen molar-refractivity contribution in [3.8, 4) is 5.75 Å². The van der Waals surface area contributed by atoms with Crippen molar-refractivity contribution in [1.82, 2.24) is 31.2 Å². The molecule has 4 N–H and O–H groups in total. The fourth-order valence-corrected chi connectivity index (χ4v) is 4.83. The smallest absolute Gasteiger partial charge is 0.322 e. The number of hydrogen-bond acceptors (Lipinski definition) is 7. The number of imide groups is 1. The van der Waals surface area contributed by atoms with Crippen molar-refractivity contribution in [3.05, 3.63) is 71.4 Å². The summed E-state index contributed by atoms with van der Waals surface area (Å²) in [5.41, 5.74) is 3.14. The normalized spacial score (nSPS) is 17.9. The molecule has 0 saturated carbocycles. The molecule has 0 radical (unpaired) electrons. The summed E-state index contributed by atoms with van der Waals surface area (Å²) in [6, 6.07) is 13.9. The number of aromatic nitrogens is 1. The van der Waals surface area contributed by atoms with E-state index < -0.39 is 29.9 Å². The predicted octanol–water partition coefficient (Wildman–Crippen LogP) is 1.25. The molecule has 2 saturated heterocycles. The minimum Gasteiger partial charge on any atom is -0.489 e. The first kappa shape index (κ1) is 26.1. The Morgan fingerprint density at radius 1 is 1.10 bits per heavy atom. The minimum absolute atomic E-state index is 0.120. The molecular weight excluding hydrogens is 500 g/mol. The standard InChI is InChI=1S/C28H30N6O5/c1-17-14-19(21-4-2-3-5-22(21)30-17)16-39-20-8-6-18(7-9-20)26(36)31-23(25-27(37)33-28(38)32-25)15-24(35)34-12-10-29-11-13-34/h2-9,14,23,25,29H,10-13,15-16H2,1H3,(H,31,36)(H2,32,33,37,38). The molecule has 5 amide bonds. The molecule has 3 aromatic rings. The fourth-order valence-electron chi connectivity index (χ4n) is 4.83. The maximum atomic E-state index is 13.1. The molecule has 202 valence electrons. The van der Waals surface area contributed by atoms with Gasteiger partial charge in [-0.3, -0.25) is 24.7 Å². The number of aryl methyl sites for hydroxylation is 1. The monoisotopic (exact) mass is 530 g/mol. The van der Waals surface area contributed by atoms with Gasteiger partial charge in [-0.15, -0.1) is 0 Å². The zero-order chi connectivity index (χ0) is 27.4. The molecule has 2 aliphatic heterocycles. The Labute approximate surface area is 225 Å². The van der Waals surface area contributed by atoms with Crippen molar-refractivity contribution in [2.24, 2.45) is 0 Å². The average Bonchev–Trinajstić information content (AvgIpc) is 3.29. The van der Waals surface area contributed by atoms with Crippen molar-refractivity contribution >= 4 is 34.7 Å². The molecule has 2 aliphatic rings. The van der Waals surface area contributed by atoms with Crippen LogP contribution in [-0.2, 0) is 16.2 Å². The van der Waals surface area contributed by atoms with Gasteiger partial charge in [-0.2, -0.15) is 0 Å². The summed E-state index contributed by atoms with van der Waals surface area (Å²) < 4.78 is 5.98. The minimum atomic E-state index is -1.05. The summed E-state index contributed by atoms with van der Waals surface area (Å²) >= 11 is 0. The first-order chi connectivity index (χ1) is 18.9. The van der Waals surface area contributed by atoms with Gasteiger partial charge < -0.3 is 25.6 Å². The Kier molecular flexibility index (Phi) is 7.69. The van der Waals surface area contributed by atoms with Gasteiger partial charge in [0.25, 0.3) is 11.8 Å². The third kappa shape index (κ3) is 6.15. The lowest BCUT2D eigenvalue weighted by Gasteiger charge is -2.30. The maximum absolute atomic E-state index is 13.1. The van der Waals surface area contributed by atoms with Gasteiger partial charge in [-0.05, 0) is 43.3 Å². The highest BCUT2D eigenvalue weighted by Gasteiger charge is 2.39. The number of rotatable bonds is 8. The van der Waals surface area contributed by atoms with Gasteiger partial charge in [0, 0.05) is 54.8 Å². The van der Waals surface area contributed by atoms with E-state index in [0.717, 1.165) is 22.2 Å². The highest BCUT2D eigenvalue weighted by molar-refractivity contribution is 6.05. The van der Waals surface area contributed by atoms with Crippen molar-refractivity contribution in [3.63, 3.8) is 0 Å². The molecule has 2 aromatic carbocycles. The molecule has 0 spiro atoms. The molecule has 2 fully saturated rings. The van der Waals surface area contributed by atoms with E-state index in [-0.39, 0.29) is 12.3 Å². The summed E-state index contributed by atoms with van der Waals surface area (Å²) in [7, 11) is 0. The number of carbonyl (C=O) groups excluding carboxylic acids is 4. The Hall–Kier alpha value is -4.51. The number of hydrogen-bond donors (Lipinski definition) is 4. The third-order valence-electron chi connectivity index (χ3n) is 6.83. The van der Waals surface area contributed by atoms with Gasteiger partial charge >= 0.3 is 6.03 Å². The van der Waals surface area contributed by atoms with Crippen LogP contribution in [0.3, 0.4) is 0 Å². The molecule has 5 rings (SSSR count). The number of ether oxygens (including phenoxy) is 1. The number of fused-ring (bicyclic) bond motifs is 1. The van der Waals surface area contributed by atoms with Gasteiger partial charge in [-0.1, -0.05) is 18.2 Å². The van der Waals surface area contributed by atoms with Crippen LogP contribution in [0, 0.1) is 6.92 Å². The molecule has 3 heterocycles. The number of nitrogens with zero attached hydrogens (tertiary/aromatic N) is 2. The van der Waals surface area contributed by atoms with Gasteiger partial charge in [0.05, 0.1) is 11.6 Å². The number of nitrogens with one attached hydrogen (secondary N) is 4. The summed E-state index contributed by atoms with van der Waals surface area (Å²) in [5.74, 6) is -0.665. The quantitative estimate of drug-likeness (QED) is 0.321. The molecule has 0 aliphatic carbocycles. The van der Waals surface area contributed by atoms with Gasteiger partial charge in [-0.25, -0.2) is 4.79 Å². The zero-order valence-corrected chi connectivity index (χ0v) is 21.5. The fraction of sp³-hybridized carbons (Fsp3) is 0.321. The second kappa shape index (κ2) is 11.5. The van der Waals surface area contributed by atoms with Crippen LogP contribution in [0.25, 0.3) is 10.9 Å². The first-order valence-electron chi connectivity index (χ1n) is 12.9. The SMILES string of the molecule is Cc1cc(COc2ccc(C(=O)NC(CC(=O)N3CCNCC3)C3NC(=O)NC3=O)cc2)c2ccccc2n1. The number of urea groups is 1. The van der Waals surface area contributed by atoms with Gasteiger partial charge in [0.2, 0.25) is 5.91 Å². The molecule has 0 bridgehead atoms. The van der Waals surface area contributed by atoms with Gasteiger partial charge in [0.1, 0.15) is 18.4 Å². The van der Waals surface area contributed by atoms with Crippen molar-refractivity contribution in [2.45, 2.75) is 32.0 Å². The highest BCUT2D eigenvalue weighted by Crippen LogP contribution is 2.21. The number of carbonyl (C=O) groups is 4. The molecule has 2 unspecified atom stereocenters. The molecule has 39 heavy (non-hydrogen) atoms. The lowest BCUT2D eigenvalue weighted by atomic mass is 10.0. The zero-order valence-electron chi connectivity index (χ0n) is 21.5. The Morgan fingerprint density at radius 2 is 1.85 bits per heavy atom. The lowest BCUT2D eigenvalue weighted by Crippen LogP contribution is -2.54. The summed E-state index contributed by atoms with van der Waals surface area (Å²) in [6.07, 6.45) is -0.120. The lowest BCUT2D eigenvalue weighted by molar-refractivity contribution is -0.132. The van der Waals surface area contributed by atoms with Gasteiger partial charge in [0.15, 0.2) is 0 Å². The van der Waals surface area contributed by atoms with E-state index in [2.05, 4.69) is 26.3 Å². The van der Waals surface area contributed by atoms with Crippen LogP contribution >= 0.6 is 0 Å². The van der Waals surface area contributed by atoms with Crippen LogP contribution in [-0.4, -0.2) is 71.9 Å². The van der Waals surface area contributed by atoms with E-state index in [9.17, 15) is 19.2 Å².